The summed E-state index contributed by atoms with van der Waals surface area (Å²) in [5.74, 6) is 1.21. The Morgan fingerprint density at radius 3 is 2.26 bits per heavy atom. The van der Waals surface area contributed by atoms with Crippen molar-refractivity contribution < 1.29 is 9.47 Å². The fourth-order valence-electron chi connectivity index (χ4n) is 4.60. The Balaban J connectivity index is 1.70. The largest absolute Gasteiger partial charge is 0.493 e. The Kier molecular flexibility index (Phi) is 7.03. The van der Waals surface area contributed by atoms with Gasteiger partial charge in [-0.15, -0.1) is 0 Å². The Bertz CT molecular complexity index is 1630. The number of hydrogen-bond acceptors (Lipinski definition) is 5. The summed E-state index contributed by atoms with van der Waals surface area (Å²) >= 11 is 0. The molecular weight excluding hydrogens is 476 g/mol. The van der Waals surface area contributed by atoms with Gasteiger partial charge in [0.15, 0.2) is 17.1 Å². The highest BCUT2D eigenvalue weighted by atomic mass is 16.5. The number of benzene rings is 3. The normalized spacial score (nSPS) is 11.3. The van der Waals surface area contributed by atoms with Gasteiger partial charge in [-0.3, -0.25) is 9.89 Å². The molecule has 0 saturated heterocycles. The molecule has 1 N–H and O–H groups in total. The quantitative estimate of drug-likeness (QED) is 0.296. The molecule has 0 atom stereocenters. The molecule has 38 heavy (non-hydrogen) atoms. The summed E-state index contributed by atoms with van der Waals surface area (Å²) in [6.07, 6.45) is 0. The van der Waals surface area contributed by atoms with Gasteiger partial charge in [-0.25, -0.2) is 4.98 Å². The standard InChI is InChI=1S/C31H32N4O3/c1-20-11-13-23(14-12-20)29-28(22-9-7-6-8-10-22)30-32-21(2)27(31(36)35(30)33-29)24-15-16-25(37-5)26(19-24)38-18-17-34(3)4/h6-16,19,33H,17-18H2,1-5H3. The highest BCUT2D eigenvalue weighted by Gasteiger charge is 2.22. The van der Waals surface area contributed by atoms with Crippen molar-refractivity contribution in [3.8, 4) is 45.0 Å². The van der Waals surface area contributed by atoms with Crippen LogP contribution in [0, 0.1) is 13.8 Å². The fourth-order valence-corrected chi connectivity index (χ4v) is 4.60. The molecule has 2 heterocycles. The number of rotatable bonds is 8. The van der Waals surface area contributed by atoms with E-state index in [2.05, 4.69) is 36.3 Å². The van der Waals surface area contributed by atoms with E-state index in [-0.39, 0.29) is 5.56 Å². The molecule has 5 rings (SSSR count). The molecule has 0 aliphatic heterocycles. The summed E-state index contributed by atoms with van der Waals surface area (Å²) in [6, 6.07) is 23.9. The lowest BCUT2D eigenvalue weighted by Crippen LogP contribution is -2.20. The van der Waals surface area contributed by atoms with Gasteiger partial charge >= 0.3 is 0 Å². The van der Waals surface area contributed by atoms with E-state index in [0.717, 1.165) is 34.5 Å². The van der Waals surface area contributed by atoms with Gasteiger partial charge < -0.3 is 14.4 Å². The fraction of sp³-hybridized carbons (Fsp3) is 0.226. The van der Waals surface area contributed by atoms with Gasteiger partial charge in [0, 0.05) is 12.1 Å². The molecular formula is C31H32N4O3. The van der Waals surface area contributed by atoms with Crippen molar-refractivity contribution in [1.29, 1.82) is 0 Å². The third-order valence-corrected chi connectivity index (χ3v) is 6.61. The van der Waals surface area contributed by atoms with Crippen LogP contribution < -0.4 is 15.0 Å². The molecule has 0 radical (unpaired) electrons. The number of H-pyrrole nitrogens is 1. The molecule has 5 aromatic rings. The number of nitrogens with zero attached hydrogens (tertiary/aromatic N) is 3. The number of hydrogen-bond donors (Lipinski definition) is 1. The first-order valence-electron chi connectivity index (χ1n) is 12.6. The summed E-state index contributed by atoms with van der Waals surface area (Å²) in [5.41, 5.74) is 7.18. The molecule has 3 aromatic carbocycles. The topological polar surface area (TPSA) is 71.9 Å². The van der Waals surface area contributed by atoms with E-state index >= 15 is 0 Å². The van der Waals surface area contributed by atoms with Crippen LogP contribution in [0.5, 0.6) is 11.5 Å². The van der Waals surface area contributed by atoms with Gasteiger partial charge in [0.25, 0.3) is 5.56 Å². The number of likely N-dealkylation sites (N-methyl/N-ethyl adjacent to an activating group) is 1. The van der Waals surface area contributed by atoms with E-state index in [1.807, 2.05) is 74.4 Å². The second-order valence-electron chi connectivity index (χ2n) is 9.65. The number of aromatic amines is 1. The predicted octanol–water partition coefficient (Wildman–Crippen LogP) is 5.59. The first kappa shape index (κ1) is 25.3. The van der Waals surface area contributed by atoms with Gasteiger partial charge in [-0.2, -0.15) is 4.52 Å². The molecule has 0 aliphatic rings. The Morgan fingerprint density at radius 1 is 0.868 bits per heavy atom. The van der Waals surface area contributed by atoms with Gasteiger partial charge in [0.1, 0.15) is 6.61 Å². The first-order valence-corrected chi connectivity index (χ1v) is 12.6. The summed E-state index contributed by atoms with van der Waals surface area (Å²) in [4.78, 5) is 21.0. The number of aryl methyl sites for hydroxylation is 2. The lowest BCUT2D eigenvalue weighted by atomic mass is 10.00. The second-order valence-corrected chi connectivity index (χ2v) is 9.65. The van der Waals surface area contributed by atoms with Crippen molar-refractivity contribution in [2.75, 3.05) is 34.4 Å². The summed E-state index contributed by atoms with van der Waals surface area (Å²) < 4.78 is 13.1. The maximum Gasteiger partial charge on any atom is 0.280 e. The first-order chi connectivity index (χ1) is 18.4. The van der Waals surface area contributed by atoms with Crippen molar-refractivity contribution >= 4 is 5.65 Å². The molecule has 0 amide bonds. The zero-order chi connectivity index (χ0) is 26.8. The van der Waals surface area contributed by atoms with Crippen LogP contribution in [0.2, 0.25) is 0 Å². The third kappa shape index (κ3) is 4.80. The van der Waals surface area contributed by atoms with Crippen molar-refractivity contribution in [2.24, 2.45) is 0 Å². The molecule has 0 fully saturated rings. The number of aromatic nitrogens is 3. The van der Waals surface area contributed by atoms with Gasteiger partial charge in [0.05, 0.1) is 29.6 Å². The van der Waals surface area contributed by atoms with E-state index in [9.17, 15) is 4.79 Å². The number of nitrogens with one attached hydrogen (secondary N) is 1. The molecule has 194 valence electrons. The molecule has 0 bridgehead atoms. The van der Waals surface area contributed by atoms with Gasteiger partial charge in [0.2, 0.25) is 0 Å². The minimum Gasteiger partial charge on any atom is -0.493 e. The predicted molar refractivity (Wildman–Crippen MR) is 152 cm³/mol. The summed E-state index contributed by atoms with van der Waals surface area (Å²) in [5, 5.41) is 3.37. The monoisotopic (exact) mass is 508 g/mol. The molecule has 0 unspecified atom stereocenters. The van der Waals surface area contributed by atoms with Crippen LogP contribution >= 0.6 is 0 Å². The maximum atomic E-state index is 14.0. The zero-order valence-electron chi connectivity index (χ0n) is 22.4. The van der Waals surface area contributed by atoms with E-state index < -0.39 is 0 Å². The number of methoxy groups -OCH3 is 1. The highest BCUT2D eigenvalue weighted by molar-refractivity contribution is 5.91. The lowest BCUT2D eigenvalue weighted by Gasteiger charge is -2.15. The average molecular weight is 509 g/mol. The van der Waals surface area contributed by atoms with Crippen LogP contribution in [0.4, 0.5) is 0 Å². The zero-order valence-corrected chi connectivity index (χ0v) is 22.4. The smallest absolute Gasteiger partial charge is 0.280 e. The Morgan fingerprint density at radius 2 is 1.58 bits per heavy atom. The summed E-state index contributed by atoms with van der Waals surface area (Å²) in [6.45, 7) is 5.19. The maximum absolute atomic E-state index is 14.0. The van der Waals surface area contributed by atoms with Crippen molar-refractivity contribution in [3.05, 3.63) is 94.4 Å². The molecule has 7 nitrogen and oxygen atoms in total. The van der Waals surface area contributed by atoms with Crippen LogP contribution in [0.3, 0.4) is 0 Å². The van der Waals surface area contributed by atoms with Crippen molar-refractivity contribution in [1.82, 2.24) is 19.5 Å². The van der Waals surface area contributed by atoms with Gasteiger partial charge in [-0.1, -0.05) is 66.2 Å². The average Bonchev–Trinajstić information content (AvgIpc) is 3.29. The third-order valence-electron chi connectivity index (χ3n) is 6.61. The SMILES string of the molecule is COc1ccc(-c2c(C)nc3c(-c4ccccc4)c(-c4ccc(C)cc4)[nH]n3c2=O)cc1OCCN(C)C. The molecule has 2 aromatic heterocycles. The van der Waals surface area contributed by atoms with Crippen molar-refractivity contribution in [2.45, 2.75) is 13.8 Å². The Labute approximate surface area is 222 Å². The van der Waals surface area contributed by atoms with Gasteiger partial charge in [-0.05, 0) is 51.2 Å². The molecule has 0 saturated carbocycles. The van der Waals surface area contributed by atoms with Crippen LogP contribution in [0.25, 0.3) is 39.2 Å². The Hall–Kier alpha value is -4.36. The van der Waals surface area contributed by atoms with E-state index in [1.54, 1.807) is 11.6 Å². The van der Waals surface area contributed by atoms with Crippen molar-refractivity contribution in [3.63, 3.8) is 0 Å². The second kappa shape index (κ2) is 10.6. The number of fused-ring (bicyclic) bond motifs is 1. The van der Waals surface area contributed by atoms with E-state index in [0.29, 0.717) is 35.0 Å². The number of ether oxygens (including phenoxy) is 2. The molecule has 7 heteroatoms. The van der Waals surface area contributed by atoms with Crippen LogP contribution in [0.1, 0.15) is 11.3 Å². The van der Waals surface area contributed by atoms with Crippen LogP contribution in [-0.2, 0) is 0 Å². The van der Waals surface area contributed by atoms with Crippen LogP contribution in [-0.4, -0.2) is 53.9 Å². The minimum absolute atomic E-state index is 0.174. The lowest BCUT2D eigenvalue weighted by molar-refractivity contribution is 0.251. The van der Waals surface area contributed by atoms with Crippen LogP contribution in [0.15, 0.2) is 77.6 Å². The van der Waals surface area contributed by atoms with E-state index in [1.165, 1.54) is 5.56 Å². The summed E-state index contributed by atoms with van der Waals surface area (Å²) in [7, 11) is 5.60. The molecule has 0 aliphatic carbocycles. The highest BCUT2D eigenvalue weighted by Crippen LogP contribution is 2.36. The minimum atomic E-state index is -0.174. The van der Waals surface area contributed by atoms with E-state index in [4.69, 9.17) is 14.5 Å². The molecule has 0 spiro atoms.